The zero-order chi connectivity index (χ0) is 17.5. The number of alkyl halides is 1. The van der Waals surface area contributed by atoms with Gasteiger partial charge in [-0.2, -0.15) is 9.29 Å². The normalized spacial score (nSPS) is 26.3. The molecule has 0 radical (unpaired) electrons. The van der Waals surface area contributed by atoms with Gasteiger partial charge >= 0.3 is 0 Å². The Balaban J connectivity index is 1.53. The van der Waals surface area contributed by atoms with Gasteiger partial charge in [-0.3, -0.25) is 0 Å². The fraction of sp³-hybridized carbons (Fsp3) is 0.600. The quantitative estimate of drug-likeness (QED) is 0.800. The van der Waals surface area contributed by atoms with Crippen LogP contribution in [0, 0.1) is 0 Å². The van der Waals surface area contributed by atoms with Gasteiger partial charge in [-0.05, 0) is 24.3 Å². The largest absolute Gasteiger partial charge is 0.381 e. The van der Waals surface area contributed by atoms with Gasteiger partial charge < -0.3 is 9.26 Å². The fourth-order valence-corrected chi connectivity index (χ4v) is 5.82. The molecule has 1 atom stereocenters. The molecule has 10 heteroatoms. The smallest absolute Gasteiger partial charge is 0.265 e. The molecule has 0 bridgehead atoms. The molecule has 2 fully saturated rings. The minimum atomic E-state index is -3.68. The second-order valence-electron chi connectivity index (χ2n) is 6.33. The van der Waals surface area contributed by atoms with Crippen molar-refractivity contribution >= 4 is 21.4 Å². The van der Waals surface area contributed by atoms with E-state index >= 15 is 4.39 Å². The molecular weight excluding hydrogens is 369 g/mol. The topological polar surface area (TPSA) is 85.5 Å². The first-order chi connectivity index (χ1) is 12.0. The summed E-state index contributed by atoms with van der Waals surface area (Å²) in [6, 6.07) is 3.18. The lowest BCUT2D eigenvalue weighted by atomic mass is 9.99. The maximum Gasteiger partial charge on any atom is 0.265 e. The van der Waals surface area contributed by atoms with Crippen LogP contribution >= 0.6 is 11.3 Å². The number of thiophene rings is 1. The SMILES string of the molecule is O=S(=O)(c1cccs1)N1CCC(F)(c2nc(C3CCOCC3)no2)C1. The summed E-state index contributed by atoms with van der Waals surface area (Å²) >= 11 is 1.12. The number of hydrogen-bond donors (Lipinski definition) is 0. The van der Waals surface area contributed by atoms with Crippen LogP contribution in [0.4, 0.5) is 4.39 Å². The molecule has 136 valence electrons. The monoisotopic (exact) mass is 387 g/mol. The number of sulfonamides is 1. The van der Waals surface area contributed by atoms with Crippen molar-refractivity contribution in [2.24, 2.45) is 0 Å². The number of hydrogen-bond acceptors (Lipinski definition) is 7. The molecule has 0 N–H and O–H groups in total. The molecule has 1 unspecified atom stereocenters. The molecule has 0 saturated carbocycles. The molecule has 2 aromatic rings. The summed E-state index contributed by atoms with van der Waals surface area (Å²) in [5.74, 6) is 0.454. The van der Waals surface area contributed by atoms with Gasteiger partial charge in [0.1, 0.15) is 4.21 Å². The highest BCUT2D eigenvalue weighted by Gasteiger charge is 2.49. The van der Waals surface area contributed by atoms with Crippen molar-refractivity contribution in [2.75, 3.05) is 26.3 Å². The average Bonchev–Trinajstić information content (AvgIpc) is 3.36. The van der Waals surface area contributed by atoms with Crippen LogP contribution in [0.1, 0.15) is 36.9 Å². The Kier molecular flexibility index (Phi) is 4.38. The minimum Gasteiger partial charge on any atom is -0.381 e. The predicted molar refractivity (Wildman–Crippen MR) is 87.6 cm³/mol. The molecule has 2 saturated heterocycles. The molecule has 0 spiro atoms. The van der Waals surface area contributed by atoms with Crippen LogP contribution in [-0.4, -0.2) is 49.2 Å². The number of ether oxygens (including phenoxy) is 1. The van der Waals surface area contributed by atoms with E-state index in [1.165, 1.54) is 6.07 Å². The third-order valence-corrected chi connectivity index (χ3v) is 7.90. The Labute approximate surface area is 148 Å². The Morgan fingerprint density at radius 1 is 1.36 bits per heavy atom. The van der Waals surface area contributed by atoms with Crippen molar-refractivity contribution in [3.63, 3.8) is 0 Å². The molecule has 4 rings (SSSR count). The highest BCUT2D eigenvalue weighted by atomic mass is 32.2. The molecule has 2 aromatic heterocycles. The third kappa shape index (κ3) is 3.12. The number of nitrogens with zero attached hydrogens (tertiary/aromatic N) is 3. The Hall–Kier alpha value is -1.36. The first kappa shape index (κ1) is 17.1. The molecular formula is C15H18FN3O4S2. The number of rotatable bonds is 4. The van der Waals surface area contributed by atoms with Crippen molar-refractivity contribution in [1.82, 2.24) is 14.4 Å². The van der Waals surface area contributed by atoms with E-state index in [1.54, 1.807) is 11.4 Å². The van der Waals surface area contributed by atoms with Crippen LogP contribution in [-0.2, 0) is 20.4 Å². The maximum atomic E-state index is 15.3. The van der Waals surface area contributed by atoms with E-state index in [0.29, 0.717) is 19.0 Å². The lowest BCUT2D eigenvalue weighted by Gasteiger charge is -2.19. The summed E-state index contributed by atoms with van der Waals surface area (Å²) in [6.07, 6.45) is 1.56. The van der Waals surface area contributed by atoms with Crippen LogP contribution in [0.25, 0.3) is 0 Å². The predicted octanol–water partition coefficient (Wildman–Crippen LogP) is 2.28. The number of aromatic nitrogens is 2. The van der Waals surface area contributed by atoms with Gasteiger partial charge in [-0.1, -0.05) is 11.2 Å². The van der Waals surface area contributed by atoms with Crippen LogP contribution in [0.2, 0.25) is 0 Å². The standard InChI is InChI=1S/C15H18FN3O4S2/c16-15(14-17-13(18-23-14)11-3-7-22-8-4-11)5-6-19(10-15)25(20,21)12-2-1-9-24-12/h1-2,9,11H,3-8,10H2. The fourth-order valence-electron chi connectivity index (χ4n) is 3.20. The van der Waals surface area contributed by atoms with Crippen molar-refractivity contribution in [2.45, 2.75) is 35.1 Å². The first-order valence-electron chi connectivity index (χ1n) is 8.13. The molecule has 4 heterocycles. The summed E-state index contributed by atoms with van der Waals surface area (Å²) in [6.45, 7) is 1.04. The van der Waals surface area contributed by atoms with Crippen molar-refractivity contribution in [3.05, 3.63) is 29.2 Å². The van der Waals surface area contributed by atoms with Gasteiger partial charge in [0.15, 0.2) is 5.82 Å². The van der Waals surface area contributed by atoms with Gasteiger partial charge in [0.05, 0.1) is 6.54 Å². The van der Waals surface area contributed by atoms with Gasteiger partial charge in [-0.15, -0.1) is 11.3 Å². The first-order valence-corrected chi connectivity index (χ1v) is 10.5. The molecule has 0 amide bonds. The summed E-state index contributed by atoms with van der Waals surface area (Å²) < 4.78 is 52.3. The Morgan fingerprint density at radius 3 is 2.88 bits per heavy atom. The molecule has 7 nitrogen and oxygen atoms in total. The minimum absolute atomic E-state index is 0.00696. The second kappa shape index (κ2) is 6.42. The third-order valence-electron chi connectivity index (χ3n) is 4.69. The summed E-state index contributed by atoms with van der Waals surface area (Å²) in [7, 11) is -3.68. The van der Waals surface area contributed by atoms with Gasteiger partial charge in [0, 0.05) is 32.1 Å². The van der Waals surface area contributed by atoms with E-state index in [1.807, 2.05) is 0 Å². The van der Waals surface area contributed by atoms with E-state index in [4.69, 9.17) is 9.26 Å². The Bertz CT molecular complexity index is 833. The zero-order valence-electron chi connectivity index (χ0n) is 13.4. The molecule has 2 aliphatic heterocycles. The van der Waals surface area contributed by atoms with E-state index in [9.17, 15) is 8.42 Å². The van der Waals surface area contributed by atoms with Crippen LogP contribution in [0.5, 0.6) is 0 Å². The highest BCUT2D eigenvalue weighted by Crippen LogP contribution is 2.39. The van der Waals surface area contributed by atoms with E-state index < -0.39 is 15.7 Å². The molecule has 25 heavy (non-hydrogen) atoms. The molecule has 0 aromatic carbocycles. The number of halogens is 1. The summed E-state index contributed by atoms with van der Waals surface area (Å²) in [5, 5.41) is 5.60. The lowest BCUT2D eigenvalue weighted by molar-refractivity contribution is 0.0830. The van der Waals surface area contributed by atoms with Crippen molar-refractivity contribution in [1.29, 1.82) is 0 Å². The average molecular weight is 387 g/mol. The maximum absolute atomic E-state index is 15.3. The van der Waals surface area contributed by atoms with Crippen LogP contribution in [0.3, 0.4) is 0 Å². The van der Waals surface area contributed by atoms with Gasteiger partial charge in [-0.25, -0.2) is 12.8 Å². The van der Waals surface area contributed by atoms with Gasteiger partial charge in [0.25, 0.3) is 15.9 Å². The van der Waals surface area contributed by atoms with Crippen LogP contribution < -0.4 is 0 Å². The van der Waals surface area contributed by atoms with E-state index in [0.717, 1.165) is 28.5 Å². The molecule has 0 aliphatic carbocycles. The molecule has 2 aliphatic rings. The van der Waals surface area contributed by atoms with Crippen molar-refractivity contribution in [3.8, 4) is 0 Å². The Morgan fingerprint density at radius 2 is 2.16 bits per heavy atom. The zero-order valence-corrected chi connectivity index (χ0v) is 15.1. The summed E-state index contributed by atoms with van der Waals surface area (Å²) in [4.78, 5) is 4.24. The van der Waals surface area contributed by atoms with Gasteiger partial charge in [0.2, 0.25) is 5.67 Å². The van der Waals surface area contributed by atoms with E-state index in [-0.39, 0.29) is 35.5 Å². The highest BCUT2D eigenvalue weighted by molar-refractivity contribution is 7.91. The lowest BCUT2D eigenvalue weighted by Crippen LogP contribution is -2.32. The van der Waals surface area contributed by atoms with Crippen LogP contribution in [0.15, 0.2) is 26.2 Å². The second-order valence-corrected chi connectivity index (χ2v) is 9.44. The van der Waals surface area contributed by atoms with Crippen molar-refractivity contribution < 1.29 is 22.1 Å². The van der Waals surface area contributed by atoms with E-state index in [2.05, 4.69) is 10.1 Å². The summed E-state index contributed by atoms with van der Waals surface area (Å²) in [5.41, 5.74) is -1.94.